The van der Waals surface area contributed by atoms with Gasteiger partial charge in [0.25, 0.3) is 0 Å². The molecule has 0 amide bonds. The first kappa shape index (κ1) is 16.5. The molecule has 122 valence electrons. The molecular weight excluding hydrogens is 288 g/mol. The van der Waals surface area contributed by atoms with Crippen LogP contribution in [0.25, 0.3) is 0 Å². The fraction of sp³-hybridized carbons (Fsp3) is 0.562. The van der Waals surface area contributed by atoms with Gasteiger partial charge in [0.15, 0.2) is 5.96 Å². The summed E-state index contributed by atoms with van der Waals surface area (Å²) in [4.78, 5) is 6.67. The summed E-state index contributed by atoms with van der Waals surface area (Å²) in [6.45, 7) is 1.59. The predicted molar refractivity (Wildman–Crippen MR) is 83.2 cm³/mol. The van der Waals surface area contributed by atoms with Crippen molar-refractivity contribution in [3.8, 4) is 5.75 Å². The second-order valence-electron chi connectivity index (χ2n) is 5.52. The molecule has 2 rings (SSSR count). The first-order valence-electron chi connectivity index (χ1n) is 7.61. The zero-order chi connectivity index (χ0) is 15.9. The molecule has 1 aromatic rings. The Labute approximate surface area is 130 Å². The van der Waals surface area contributed by atoms with E-state index in [-0.39, 0.29) is 5.75 Å². The van der Waals surface area contributed by atoms with Gasteiger partial charge in [-0.1, -0.05) is 12.1 Å². The highest BCUT2D eigenvalue weighted by atomic mass is 19.3. The van der Waals surface area contributed by atoms with Crippen LogP contribution < -0.4 is 10.1 Å². The number of hydrogen-bond donors (Lipinski definition) is 1. The molecule has 0 atom stereocenters. The molecule has 1 aromatic carbocycles. The lowest BCUT2D eigenvalue weighted by atomic mass is 10.2. The van der Waals surface area contributed by atoms with Crippen molar-refractivity contribution < 1.29 is 13.5 Å². The summed E-state index contributed by atoms with van der Waals surface area (Å²) in [7, 11) is 1.97. The Morgan fingerprint density at radius 1 is 1.36 bits per heavy atom. The van der Waals surface area contributed by atoms with Gasteiger partial charge in [-0.05, 0) is 43.4 Å². The highest BCUT2D eigenvalue weighted by Gasteiger charge is 2.21. The summed E-state index contributed by atoms with van der Waals surface area (Å²) in [6.07, 6.45) is 2.55. The number of hydrogen-bond acceptors (Lipinski definition) is 2. The number of rotatable bonds is 7. The Kier molecular flexibility index (Phi) is 5.98. The van der Waals surface area contributed by atoms with Gasteiger partial charge in [-0.2, -0.15) is 8.78 Å². The van der Waals surface area contributed by atoms with Crippen LogP contribution in [0.1, 0.15) is 25.3 Å². The molecule has 1 aliphatic rings. The first-order chi connectivity index (χ1) is 10.6. The monoisotopic (exact) mass is 311 g/mol. The van der Waals surface area contributed by atoms with E-state index < -0.39 is 6.61 Å². The summed E-state index contributed by atoms with van der Waals surface area (Å²) < 4.78 is 28.6. The van der Waals surface area contributed by atoms with E-state index >= 15 is 0 Å². The quantitative estimate of drug-likeness (QED) is 0.621. The number of nitrogens with one attached hydrogen (secondary N) is 1. The van der Waals surface area contributed by atoms with Gasteiger partial charge in [-0.15, -0.1) is 0 Å². The van der Waals surface area contributed by atoms with Crippen LogP contribution in [0, 0.1) is 5.92 Å². The number of guanidine groups is 1. The second-order valence-corrected chi connectivity index (χ2v) is 5.52. The normalized spacial score (nSPS) is 15.0. The summed E-state index contributed by atoms with van der Waals surface area (Å²) >= 11 is 0. The zero-order valence-electron chi connectivity index (χ0n) is 13.1. The average molecular weight is 311 g/mol. The lowest BCUT2D eigenvalue weighted by Gasteiger charge is -2.22. The van der Waals surface area contributed by atoms with Crippen LogP contribution in [0.2, 0.25) is 0 Å². The van der Waals surface area contributed by atoms with Gasteiger partial charge in [0.2, 0.25) is 0 Å². The van der Waals surface area contributed by atoms with Crippen LogP contribution in [-0.4, -0.2) is 37.6 Å². The van der Waals surface area contributed by atoms with Crippen LogP contribution in [0.5, 0.6) is 5.75 Å². The predicted octanol–water partition coefficient (Wildman–Crippen LogP) is 3.10. The fourth-order valence-corrected chi connectivity index (χ4v) is 2.11. The maximum atomic E-state index is 12.1. The van der Waals surface area contributed by atoms with E-state index in [1.165, 1.54) is 12.8 Å². The Morgan fingerprint density at radius 3 is 2.59 bits per heavy atom. The Balaban J connectivity index is 1.92. The molecule has 22 heavy (non-hydrogen) atoms. The number of halogens is 2. The van der Waals surface area contributed by atoms with E-state index in [9.17, 15) is 8.78 Å². The number of aliphatic imine (C=N–C) groups is 1. The van der Waals surface area contributed by atoms with Gasteiger partial charge in [0.1, 0.15) is 5.75 Å². The number of nitrogens with zero attached hydrogens (tertiary/aromatic N) is 2. The number of ether oxygens (including phenoxy) is 1. The summed E-state index contributed by atoms with van der Waals surface area (Å²) in [6, 6.07) is 6.70. The molecule has 6 heteroatoms. The molecular formula is C16H23F2N3O. The molecule has 1 N–H and O–H groups in total. The van der Waals surface area contributed by atoms with Crippen LogP contribution in [0.4, 0.5) is 8.78 Å². The first-order valence-corrected chi connectivity index (χ1v) is 7.61. The Bertz CT molecular complexity index is 487. The van der Waals surface area contributed by atoms with Crippen molar-refractivity contribution in [2.24, 2.45) is 10.9 Å². The van der Waals surface area contributed by atoms with Gasteiger partial charge in [0.05, 0.1) is 0 Å². The molecule has 0 bridgehead atoms. The molecule has 1 fully saturated rings. The standard InChI is InChI=1S/C16H23F2N3O/c1-3-19-16(20-10-12-4-5-12)21(2)11-13-6-8-14(9-7-13)22-15(17)18/h6-9,12,15H,3-5,10-11H2,1-2H3,(H,19,20). The minimum atomic E-state index is -2.79. The van der Waals surface area contributed by atoms with Crippen LogP contribution in [0.3, 0.4) is 0 Å². The average Bonchev–Trinajstić information content (AvgIpc) is 3.29. The van der Waals surface area contributed by atoms with Crippen molar-refractivity contribution in [2.45, 2.75) is 32.9 Å². The molecule has 0 unspecified atom stereocenters. The summed E-state index contributed by atoms with van der Waals surface area (Å²) in [5, 5.41) is 3.28. The lowest BCUT2D eigenvalue weighted by molar-refractivity contribution is -0.0498. The molecule has 0 aliphatic heterocycles. The molecule has 1 aliphatic carbocycles. The van der Waals surface area contributed by atoms with Crippen LogP contribution >= 0.6 is 0 Å². The van der Waals surface area contributed by atoms with Crippen LogP contribution in [0.15, 0.2) is 29.3 Å². The third kappa shape index (κ3) is 5.50. The zero-order valence-corrected chi connectivity index (χ0v) is 13.1. The van der Waals surface area contributed by atoms with Crippen molar-refractivity contribution >= 4 is 5.96 Å². The van der Waals surface area contributed by atoms with Gasteiger partial charge in [0, 0.05) is 26.7 Å². The summed E-state index contributed by atoms with van der Waals surface area (Å²) in [5.41, 5.74) is 1.01. The van der Waals surface area contributed by atoms with E-state index in [0.29, 0.717) is 6.54 Å². The third-order valence-corrected chi connectivity index (χ3v) is 3.46. The molecule has 1 saturated carbocycles. The van der Waals surface area contributed by atoms with Gasteiger partial charge >= 0.3 is 6.61 Å². The van der Waals surface area contributed by atoms with Gasteiger partial charge in [-0.25, -0.2) is 0 Å². The number of benzene rings is 1. The highest BCUT2D eigenvalue weighted by Crippen LogP contribution is 2.28. The molecule has 0 heterocycles. The van der Waals surface area contributed by atoms with E-state index in [4.69, 9.17) is 0 Å². The minimum absolute atomic E-state index is 0.177. The minimum Gasteiger partial charge on any atom is -0.435 e. The largest absolute Gasteiger partial charge is 0.435 e. The Morgan fingerprint density at radius 2 is 2.05 bits per heavy atom. The topological polar surface area (TPSA) is 36.9 Å². The number of alkyl halides is 2. The Hall–Kier alpha value is -1.85. The lowest BCUT2D eigenvalue weighted by Crippen LogP contribution is -2.38. The van der Waals surface area contributed by atoms with E-state index in [1.54, 1.807) is 24.3 Å². The molecule has 0 saturated heterocycles. The fourth-order valence-electron chi connectivity index (χ4n) is 2.11. The van der Waals surface area contributed by atoms with E-state index in [0.717, 1.165) is 30.5 Å². The van der Waals surface area contributed by atoms with Crippen molar-refractivity contribution in [3.05, 3.63) is 29.8 Å². The second kappa shape index (κ2) is 7.96. The maximum absolute atomic E-state index is 12.1. The molecule has 0 spiro atoms. The van der Waals surface area contributed by atoms with Gasteiger partial charge in [-0.3, -0.25) is 4.99 Å². The SMILES string of the molecule is CCNC(=NCC1CC1)N(C)Cc1ccc(OC(F)F)cc1. The van der Waals surface area contributed by atoms with E-state index in [1.807, 2.05) is 18.9 Å². The van der Waals surface area contributed by atoms with E-state index in [2.05, 4.69) is 15.0 Å². The molecule has 0 radical (unpaired) electrons. The van der Waals surface area contributed by atoms with Crippen molar-refractivity contribution in [1.29, 1.82) is 0 Å². The molecule has 4 nitrogen and oxygen atoms in total. The third-order valence-electron chi connectivity index (χ3n) is 3.46. The van der Waals surface area contributed by atoms with Crippen LogP contribution in [-0.2, 0) is 6.54 Å². The summed E-state index contributed by atoms with van der Waals surface area (Å²) in [5.74, 6) is 1.80. The maximum Gasteiger partial charge on any atom is 0.387 e. The van der Waals surface area contributed by atoms with Crippen molar-refractivity contribution in [1.82, 2.24) is 10.2 Å². The highest BCUT2D eigenvalue weighted by molar-refractivity contribution is 5.79. The van der Waals surface area contributed by atoms with Crippen molar-refractivity contribution in [2.75, 3.05) is 20.1 Å². The van der Waals surface area contributed by atoms with Gasteiger partial charge < -0.3 is 15.0 Å². The van der Waals surface area contributed by atoms with Crippen molar-refractivity contribution in [3.63, 3.8) is 0 Å². The smallest absolute Gasteiger partial charge is 0.387 e. The molecule has 0 aromatic heterocycles.